The number of rotatable bonds is 1. The molecule has 1 N–H and O–H groups in total. The molecule has 122 valence electrons. The molecule has 7 heteroatoms. The Morgan fingerprint density at radius 1 is 1.12 bits per heavy atom. The van der Waals surface area contributed by atoms with E-state index in [4.69, 9.17) is 5.26 Å². The van der Waals surface area contributed by atoms with Crippen LogP contribution >= 0.6 is 0 Å². The number of imidazole rings is 1. The Bertz CT molecular complexity index is 1330. The Labute approximate surface area is 146 Å². The van der Waals surface area contributed by atoms with Crippen molar-refractivity contribution >= 4 is 16.7 Å². The van der Waals surface area contributed by atoms with Crippen LogP contribution in [0.5, 0.6) is 0 Å². The normalized spacial score (nSPS) is 12.0. The lowest BCUT2D eigenvalue weighted by Crippen LogP contribution is -2.21. The SMILES string of the molecule is N#Cc1ccc2c(c1)C(=O)c1nc3ccc(-c4c[nH]cn4)cc3c(=O)n1-2. The van der Waals surface area contributed by atoms with Crippen LogP contribution in [-0.2, 0) is 0 Å². The van der Waals surface area contributed by atoms with Crippen molar-refractivity contribution in [3.63, 3.8) is 0 Å². The molecule has 2 aromatic carbocycles. The van der Waals surface area contributed by atoms with Gasteiger partial charge in [0, 0.05) is 11.8 Å². The molecule has 0 saturated carbocycles. The second kappa shape index (κ2) is 4.97. The van der Waals surface area contributed by atoms with Gasteiger partial charge in [0.15, 0.2) is 5.82 Å². The summed E-state index contributed by atoms with van der Waals surface area (Å²) in [5.41, 5.74) is 2.75. The molecule has 0 aliphatic carbocycles. The highest BCUT2D eigenvalue weighted by Gasteiger charge is 2.30. The number of nitriles is 1. The zero-order valence-electron chi connectivity index (χ0n) is 13.2. The van der Waals surface area contributed by atoms with Gasteiger partial charge >= 0.3 is 0 Å². The Morgan fingerprint density at radius 2 is 2.00 bits per heavy atom. The average molecular weight is 339 g/mol. The van der Waals surface area contributed by atoms with Gasteiger partial charge in [-0.05, 0) is 30.3 Å². The molecule has 1 aliphatic heterocycles. The summed E-state index contributed by atoms with van der Waals surface area (Å²) in [6, 6.07) is 11.9. The van der Waals surface area contributed by atoms with Crippen molar-refractivity contribution in [2.24, 2.45) is 0 Å². The van der Waals surface area contributed by atoms with Crippen LogP contribution in [0.25, 0.3) is 27.8 Å². The number of aromatic amines is 1. The molecule has 0 amide bonds. The number of aromatic nitrogens is 4. The Morgan fingerprint density at radius 3 is 2.77 bits per heavy atom. The largest absolute Gasteiger partial charge is 0.351 e. The fourth-order valence-electron chi connectivity index (χ4n) is 3.24. The first kappa shape index (κ1) is 14.3. The summed E-state index contributed by atoms with van der Waals surface area (Å²) in [7, 11) is 0. The summed E-state index contributed by atoms with van der Waals surface area (Å²) < 4.78 is 1.31. The van der Waals surface area contributed by atoms with Crippen LogP contribution in [0.3, 0.4) is 0 Å². The van der Waals surface area contributed by atoms with Gasteiger partial charge in [-0.15, -0.1) is 0 Å². The summed E-state index contributed by atoms with van der Waals surface area (Å²) in [6.07, 6.45) is 3.30. The summed E-state index contributed by atoms with van der Waals surface area (Å²) >= 11 is 0. The number of ketones is 1. The van der Waals surface area contributed by atoms with Crippen molar-refractivity contribution in [1.82, 2.24) is 19.5 Å². The van der Waals surface area contributed by atoms with Gasteiger partial charge in [-0.1, -0.05) is 6.07 Å². The van der Waals surface area contributed by atoms with Crippen LogP contribution in [0.15, 0.2) is 53.7 Å². The number of hydrogen-bond acceptors (Lipinski definition) is 5. The van der Waals surface area contributed by atoms with Gasteiger partial charge < -0.3 is 4.98 Å². The predicted octanol–water partition coefficient (Wildman–Crippen LogP) is 2.19. The van der Waals surface area contributed by atoms with Gasteiger partial charge in [0.1, 0.15) is 0 Å². The number of carbonyl (C=O) groups is 1. The zero-order valence-corrected chi connectivity index (χ0v) is 13.2. The van der Waals surface area contributed by atoms with E-state index < -0.39 is 0 Å². The lowest BCUT2D eigenvalue weighted by molar-refractivity contribution is 0.103. The molecule has 26 heavy (non-hydrogen) atoms. The Kier molecular flexibility index (Phi) is 2.74. The molecule has 0 radical (unpaired) electrons. The van der Waals surface area contributed by atoms with Crippen LogP contribution in [0.1, 0.15) is 21.7 Å². The topological polar surface area (TPSA) is 104 Å². The maximum absolute atomic E-state index is 13.1. The molecule has 1 aliphatic rings. The van der Waals surface area contributed by atoms with E-state index >= 15 is 0 Å². The van der Waals surface area contributed by atoms with E-state index in [1.807, 2.05) is 12.1 Å². The molecule has 0 atom stereocenters. The maximum Gasteiger partial charge on any atom is 0.266 e. The molecule has 0 bridgehead atoms. The highest BCUT2D eigenvalue weighted by Crippen LogP contribution is 2.28. The molecular weight excluding hydrogens is 330 g/mol. The Hall–Kier alpha value is -4.05. The van der Waals surface area contributed by atoms with Gasteiger partial charge in [-0.3, -0.25) is 14.2 Å². The van der Waals surface area contributed by atoms with Crippen molar-refractivity contribution in [3.8, 4) is 23.0 Å². The number of carbonyl (C=O) groups excluding carboxylic acids is 1. The lowest BCUT2D eigenvalue weighted by atomic mass is 10.1. The molecular formula is C19H9N5O2. The summed E-state index contributed by atoms with van der Waals surface area (Å²) in [4.78, 5) is 37.2. The molecule has 0 spiro atoms. The number of nitrogens with zero attached hydrogens (tertiary/aromatic N) is 4. The molecule has 7 nitrogen and oxygen atoms in total. The molecule has 0 unspecified atom stereocenters. The number of fused-ring (bicyclic) bond motifs is 4. The van der Waals surface area contributed by atoms with Gasteiger partial charge in [0.2, 0.25) is 5.78 Å². The van der Waals surface area contributed by atoms with Gasteiger partial charge in [0.05, 0.1) is 45.8 Å². The molecule has 4 aromatic rings. The van der Waals surface area contributed by atoms with Crippen molar-refractivity contribution < 1.29 is 4.79 Å². The minimum absolute atomic E-state index is 0.0695. The van der Waals surface area contributed by atoms with Crippen LogP contribution in [-0.4, -0.2) is 25.3 Å². The van der Waals surface area contributed by atoms with Crippen molar-refractivity contribution in [2.75, 3.05) is 0 Å². The highest BCUT2D eigenvalue weighted by atomic mass is 16.1. The van der Waals surface area contributed by atoms with Gasteiger partial charge in [-0.2, -0.15) is 5.26 Å². The summed E-state index contributed by atoms with van der Waals surface area (Å²) in [6.45, 7) is 0. The van der Waals surface area contributed by atoms with Crippen LogP contribution < -0.4 is 5.56 Å². The van der Waals surface area contributed by atoms with Gasteiger partial charge in [0.25, 0.3) is 5.56 Å². The number of benzene rings is 2. The Balaban J connectivity index is 1.82. The second-order valence-electron chi connectivity index (χ2n) is 5.94. The highest BCUT2D eigenvalue weighted by molar-refractivity contribution is 6.13. The first-order chi connectivity index (χ1) is 12.7. The van der Waals surface area contributed by atoms with E-state index in [0.717, 1.165) is 5.56 Å². The van der Waals surface area contributed by atoms with E-state index in [0.29, 0.717) is 33.4 Å². The van der Waals surface area contributed by atoms with Crippen molar-refractivity contribution in [2.45, 2.75) is 0 Å². The van der Waals surface area contributed by atoms with E-state index in [2.05, 4.69) is 15.0 Å². The third-order valence-electron chi connectivity index (χ3n) is 4.48. The first-order valence-electron chi connectivity index (χ1n) is 7.82. The smallest absolute Gasteiger partial charge is 0.266 e. The standard InChI is InChI=1S/C19H9N5O2/c20-7-10-1-4-16-13(5-10)17(25)18-23-14-3-2-11(15-8-21-9-22-15)6-12(14)19(26)24(16)18/h1-6,8-9H,(H,21,22). The summed E-state index contributed by atoms with van der Waals surface area (Å²) in [5, 5.41) is 9.45. The van der Waals surface area contributed by atoms with Crippen LogP contribution in [0.2, 0.25) is 0 Å². The maximum atomic E-state index is 13.1. The number of hydrogen-bond donors (Lipinski definition) is 1. The van der Waals surface area contributed by atoms with Crippen molar-refractivity contribution in [1.29, 1.82) is 5.26 Å². The molecule has 0 fully saturated rings. The fourth-order valence-corrected chi connectivity index (χ4v) is 3.24. The molecule has 3 heterocycles. The number of nitrogens with one attached hydrogen (secondary N) is 1. The molecule has 2 aromatic heterocycles. The van der Waals surface area contributed by atoms with Crippen LogP contribution in [0, 0.1) is 11.3 Å². The fraction of sp³-hybridized carbons (Fsp3) is 0. The minimum atomic E-state index is -0.354. The van der Waals surface area contributed by atoms with Gasteiger partial charge in [-0.25, -0.2) is 9.97 Å². The first-order valence-corrected chi connectivity index (χ1v) is 7.82. The third kappa shape index (κ3) is 1.81. The molecule has 5 rings (SSSR count). The zero-order chi connectivity index (χ0) is 17.8. The lowest BCUT2D eigenvalue weighted by Gasteiger charge is -2.06. The molecule has 0 saturated heterocycles. The van der Waals surface area contributed by atoms with E-state index in [-0.39, 0.29) is 17.2 Å². The van der Waals surface area contributed by atoms with E-state index in [1.54, 1.807) is 36.8 Å². The average Bonchev–Trinajstić information content (AvgIpc) is 3.29. The second-order valence-corrected chi connectivity index (χ2v) is 5.94. The monoisotopic (exact) mass is 339 g/mol. The quantitative estimate of drug-likeness (QED) is 0.504. The van der Waals surface area contributed by atoms with Crippen LogP contribution in [0.4, 0.5) is 0 Å². The van der Waals surface area contributed by atoms with Crippen molar-refractivity contribution in [3.05, 3.63) is 76.2 Å². The van der Waals surface area contributed by atoms with E-state index in [1.165, 1.54) is 10.6 Å². The van der Waals surface area contributed by atoms with E-state index in [9.17, 15) is 9.59 Å². The predicted molar refractivity (Wildman–Crippen MR) is 93.1 cm³/mol. The third-order valence-corrected chi connectivity index (χ3v) is 4.48. The number of H-pyrrole nitrogens is 1. The summed E-state index contributed by atoms with van der Waals surface area (Å²) in [5.74, 6) is -0.285. The minimum Gasteiger partial charge on any atom is -0.351 e.